The van der Waals surface area contributed by atoms with E-state index in [1.807, 2.05) is 13.8 Å². The maximum atomic E-state index is 13.9. The third kappa shape index (κ3) is 2.76. The molecule has 0 aliphatic heterocycles. The lowest BCUT2D eigenvalue weighted by Gasteiger charge is -2.15. The number of rotatable bonds is 3. The van der Waals surface area contributed by atoms with Gasteiger partial charge < -0.3 is 4.74 Å². The Kier molecular flexibility index (Phi) is 4.26. The number of hydrogen-bond donors (Lipinski definition) is 0. The summed E-state index contributed by atoms with van der Waals surface area (Å²) in [6, 6.07) is 10.2. The predicted octanol–water partition coefficient (Wildman–Crippen LogP) is 4.85. The van der Waals surface area contributed by atoms with Crippen molar-refractivity contribution in [3.8, 4) is 17.6 Å². The van der Waals surface area contributed by atoms with E-state index in [4.69, 9.17) is 21.6 Å². The second-order valence-corrected chi connectivity index (χ2v) is 4.78. The van der Waals surface area contributed by atoms with Crippen LogP contribution in [-0.2, 0) is 5.88 Å². The molecule has 0 aliphatic carbocycles. The summed E-state index contributed by atoms with van der Waals surface area (Å²) in [5.74, 6) is 0.409. The monoisotopic (exact) mass is 289 g/mol. The Morgan fingerprint density at radius 2 is 1.85 bits per heavy atom. The molecule has 4 heteroatoms. The van der Waals surface area contributed by atoms with Crippen molar-refractivity contribution < 1.29 is 9.13 Å². The van der Waals surface area contributed by atoms with Crippen LogP contribution >= 0.6 is 11.6 Å². The number of ether oxygens (including phenoxy) is 1. The normalized spacial score (nSPS) is 10.2. The molecule has 2 nitrogen and oxygen atoms in total. The van der Waals surface area contributed by atoms with Crippen LogP contribution < -0.4 is 4.74 Å². The van der Waals surface area contributed by atoms with Crippen molar-refractivity contribution in [3.05, 3.63) is 58.4 Å². The molecule has 0 saturated heterocycles. The van der Waals surface area contributed by atoms with Gasteiger partial charge >= 0.3 is 0 Å². The Balaban J connectivity index is 2.49. The first-order valence-corrected chi connectivity index (χ1v) is 6.62. The molecule has 0 N–H and O–H groups in total. The molecule has 102 valence electrons. The van der Waals surface area contributed by atoms with E-state index in [0.717, 1.165) is 11.1 Å². The van der Waals surface area contributed by atoms with Gasteiger partial charge in [0.05, 0.1) is 17.5 Å². The third-order valence-corrected chi connectivity index (χ3v) is 3.27. The summed E-state index contributed by atoms with van der Waals surface area (Å²) in [6.45, 7) is 3.65. The highest BCUT2D eigenvalue weighted by atomic mass is 35.5. The molecule has 0 radical (unpaired) electrons. The van der Waals surface area contributed by atoms with Crippen LogP contribution in [0.1, 0.15) is 22.3 Å². The van der Waals surface area contributed by atoms with Crippen LogP contribution in [0.3, 0.4) is 0 Å². The Labute approximate surface area is 122 Å². The summed E-state index contributed by atoms with van der Waals surface area (Å²) >= 11 is 5.81. The Hall–Kier alpha value is -2.05. The quantitative estimate of drug-likeness (QED) is 0.757. The number of para-hydroxylation sites is 1. The topological polar surface area (TPSA) is 33.0 Å². The van der Waals surface area contributed by atoms with Gasteiger partial charge in [-0.1, -0.05) is 12.1 Å². The average molecular weight is 290 g/mol. The van der Waals surface area contributed by atoms with Gasteiger partial charge in [0, 0.05) is 5.56 Å². The highest BCUT2D eigenvalue weighted by Crippen LogP contribution is 2.34. The predicted molar refractivity (Wildman–Crippen MR) is 76.7 cm³/mol. The average Bonchev–Trinajstić information content (AvgIpc) is 2.43. The standard InChI is InChI=1S/C16H13ClFNO/c1-10-6-12(9-19)7-11(2)15(10)20-16-13(8-17)4-3-5-14(16)18/h3-7H,8H2,1-2H3. The van der Waals surface area contributed by atoms with Gasteiger partial charge in [-0.05, 0) is 43.2 Å². The van der Waals surface area contributed by atoms with Crippen LogP contribution in [0.15, 0.2) is 30.3 Å². The molecule has 0 aromatic heterocycles. The van der Waals surface area contributed by atoms with E-state index >= 15 is 0 Å². The first-order valence-electron chi connectivity index (χ1n) is 6.09. The highest BCUT2D eigenvalue weighted by Gasteiger charge is 2.14. The zero-order chi connectivity index (χ0) is 14.7. The summed E-state index contributed by atoms with van der Waals surface area (Å²) in [6.07, 6.45) is 0. The van der Waals surface area contributed by atoms with E-state index < -0.39 is 5.82 Å². The minimum atomic E-state index is -0.452. The maximum Gasteiger partial charge on any atom is 0.167 e. The Morgan fingerprint density at radius 1 is 1.20 bits per heavy atom. The fraction of sp³-hybridized carbons (Fsp3) is 0.188. The molecule has 0 spiro atoms. The molecule has 2 aromatic carbocycles. The molecule has 0 fully saturated rings. The van der Waals surface area contributed by atoms with Crippen molar-refractivity contribution in [1.82, 2.24) is 0 Å². The van der Waals surface area contributed by atoms with E-state index in [1.165, 1.54) is 6.07 Å². The van der Waals surface area contributed by atoms with Crippen molar-refractivity contribution in [2.45, 2.75) is 19.7 Å². The fourth-order valence-electron chi connectivity index (χ4n) is 2.05. The van der Waals surface area contributed by atoms with Gasteiger partial charge in [0.2, 0.25) is 0 Å². The van der Waals surface area contributed by atoms with Crippen LogP contribution in [0, 0.1) is 31.0 Å². The molecule has 0 heterocycles. The van der Waals surface area contributed by atoms with Crippen LogP contribution in [0.5, 0.6) is 11.5 Å². The van der Waals surface area contributed by atoms with Crippen LogP contribution in [-0.4, -0.2) is 0 Å². The number of benzene rings is 2. The lowest BCUT2D eigenvalue weighted by Crippen LogP contribution is -1.97. The van der Waals surface area contributed by atoms with E-state index in [9.17, 15) is 4.39 Å². The Morgan fingerprint density at radius 3 is 2.40 bits per heavy atom. The van der Waals surface area contributed by atoms with E-state index in [1.54, 1.807) is 24.3 Å². The van der Waals surface area contributed by atoms with Crippen LogP contribution in [0.25, 0.3) is 0 Å². The highest BCUT2D eigenvalue weighted by molar-refractivity contribution is 6.17. The fourth-order valence-corrected chi connectivity index (χ4v) is 2.26. The van der Waals surface area contributed by atoms with E-state index in [2.05, 4.69) is 6.07 Å². The van der Waals surface area contributed by atoms with Gasteiger partial charge in [0.1, 0.15) is 5.75 Å². The van der Waals surface area contributed by atoms with E-state index in [-0.39, 0.29) is 11.6 Å². The van der Waals surface area contributed by atoms with Gasteiger partial charge in [-0.15, -0.1) is 11.6 Å². The number of nitrogens with zero attached hydrogens (tertiary/aromatic N) is 1. The molecule has 0 aliphatic rings. The number of hydrogen-bond acceptors (Lipinski definition) is 2. The van der Waals surface area contributed by atoms with Crippen molar-refractivity contribution in [2.24, 2.45) is 0 Å². The molecular formula is C16H13ClFNO. The second kappa shape index (κ2) is 5.94. The van der Waals surface area contributed by atoms with Crippen molar-refractivity contribution in [3.63, 3.8) is 0 Å². The molecule has 0 atom stereocenters. The number of aryl methyl sites for hydroxylation is 2. The van der Waals surface area contributed by atoms with Crippen LogP contribution in [0.2, 0.25) is 0 Å². The zero-order valence-corrected chi connectivity index (χ0v) is 12.0. The zero-order valence-electron chi connectivity index (χ0n) is 11.2. The molecule has 2 rings (SSSR count). The van der Waals surface area contributed by atoms with Gasteiger partial charge in [0.25, 0.3) is 0 Å². The number of alkyl halides is 1. The molecule has 2 aromatic rings. The molecule has 0 unspecified atom stereocenters. The first-order chi connectivity index (χ1) is 9.56. The summed E-state index contributed by atoms with van der Waals surface area (Å²) < 4.78 is 19.6. The van der Waals surface area contributed by atoms with Gasteiger partial charge in [-0.25, -0.2) is 4.39 Å². The maximum absolute atomic E-state index is 13.9. The molecule has 0 saturated carbocycles. The van der Waals surface area contributed by atoms with Gasteiger partial charge in [-0.2, -0.15) is 5.26 Å². The summed E-state index contributed by atoms with van der Waals surface area (Å²) in [7, 11) is 0. The SMILES string of the molecule is Cc1cc(C#N)cc(C)c1Oc1c(F)cccc1CCl. The molecular weight excluding hydrogens is 277 g/mol. The van der Waals surface area contributed by atoms with Gasteiger partial charge in [-0.3, -0.25) is 0 Å². The van der Waals surface area contributed by atoms with Crippen molar-refractivity contribution >= 4 is 11.6 Å². The van der Waals surface area contributed by atoms with Crippen LogP contribution in [0.4, 0.5) is 4.39 Å². The minimum absolute atomic E-state index is 0.137. The Bertz CT molecular complexity index is 668. The smallest absolute Gasteiger partial charge is 0.167 e. The third-order valence-electron chi connectivity index (χ3n) is 2.99. The van der Waals surface area contributed by atoms with Crippen molar-refractivity contribution in [2.75, 3.05) is 0 Å². The summed E-state index contributed by atoms with van der Waals surface area (Å²) in [5, 5.41) is 8.93. The number of halogens is 2. The lowest BCUT2D eigenvalue weighted by atomic mass is 10.1. The number of nitriles is 1. The molecule has 20 heavy (non-hydrogen) atoms. The summed E-state index contributed by atoms with van der Waals surface area (Å²) in [5.41, 5.74) is 2.71. The van der Waals surface area contributed by atoms with E-state index in [0.29, 0.717) is 16.9 Å². The minimum Gasteiger partial charge on any atom is -0.453 e. The lowest BCUT2D eigenvalue weighted by molar-refractivity contribution is 0.433. The second-order valence-electron chi connectivity index (χ2n) is 4.51. The first kappa shape index (κ1) is 14.4. The van der Waals surface area contributed by atoms with Gasteiger partial charge in [0.15, 0.2) is 11.6 Å². The molecule has 0 bridgehead atoms. The van der Waals surface area contributed by atoms with Crippen molar-refractivity contribution in [1.29, 1.82) is 5.26 Å². The largest absolute Gasteiger partial charge is 0.453 e. The summed E-state index contributed by atoms with van der Waals surface area (Å²) in [4.78, 5) is 0. The molecule has 0 amide bonds.